The van der Waals surface area contributed by atoms with E-state index in [0.717, 1.165) is 29.3 Å². The summed E-state index contributed by atoms with van der Waals surface area (Å²) in [4.78, 5) is 134. The van der Waals surface area contributed by atoms with Crippen molar-refractivity contribution in [1.82, 2.24) is 31.9 Å². The van der Waals surface area contributed by atoms with Crippen LogP contribution in [0.3, 0.4) is 0 Å². The van der Waals surface area contributed by atoms with Gasteiger partial charge in [-0.25, -0.2) is 9.59 Å². The first-order valence-electron chi connectivity index (χ1n) is 25.1. The Kier molecular flexibility index (Phi) is 23.8. The first-order chi connectivity index (χ1) is 35.9. The van der Waals surface area contributed by atoms with Gasteiger partial charge in [0.25, 0.3) is 11.8 Å². The largest absolute Gasteiger partial charge is 0.481 e. The lowest BCUT2D eigenvalue weighted by Crippen LogP contribution is -2.58. The normalized spacial score (nSPS) is 15.2. The zero-order valence-electron chi connectivity index (χ0n) is 43.6. The van der Waals surface area contributed by atoms with Crippen LogP contribution < -0.4 is 31.9 Å². The molecule has 4 aromatic rings. The van der Waals surface area contributed by atoms with E-state index >= 15 is 0 Å². The van der Waals surface area contributed by atoms with E-state index in [0.29, 0.717) is 35.4 Å². The van der Waals surface area contributed by atoms with Crippen molar-refractivity contribution in [3.05, 3.63) is 58.3 Å². The lowest BCUT2D eigenvalue weighted by molar-refractivity contribution is -0.144. The quantitative estimate of drug-likeness (QED) is 0.0239. The Labute approximate surface area is 456 Å². The Morgan fingerprint density at radius 1 is 0.382 bits per heavy atom. The second kappa shape index (κ2) is 29.1. The minimum atomic E-state index is -1.48. The maximum Gasteiger partial charge on any atom is 0.326 e. The number of rotatable bonds is 31. The first kappa shape index (κ1) is 62.0. The molecular weight excluding hydrogens is 1060 g/mol. The van der Waals surface area contributed by atoms with Gasteiger partial charge >= 0.3 is 23.9 Å². The summed E-state index contributed by atoms with van der Waals surface area (Å²) in [5.74, 6) is -10.7. The molecule has 0 radical (unpaired) electrons. The molecule has 24 heteroatoms. The zero-order valence-corrected chi connectivity index (χ0v) is 46.8. The molecule has 0 spiro atoms. The van der Waals surface area contributed by atoms with Crippen LogP contribution in [0.4, 0.5) is 0 Å². The summed E-state index contributed by atoms with van der Waals surface area (Å²) in [6.45, 7) is 14.3. The van der Waals surface area contributed by atoms with E-state index in [1.54, 1.807) is 53.7 Å². The van der Waals surface area contributed by atoms with Crippen LogP contribution in [-0.4, -0.2) is 116 Å². The van der Waals surface area contributed by atoms with Gasteiger partial charge in [0.1, 0.15) is 36.3 Å². The van der Waals surface area contributed by atoms with Crippen LogP contribution in [0.1, 0.15) is 126 Å². The van der Waals surface area contributed by atoms with Crippen LogP contribution in [0.15, 0.2) is 48.5 Å². The molecule has 10 atom stereocenters. The van der Waals surface area contributed by atoms with E-state index in [9.17, 15) is 58.2 Å². The van der Waals surface area contributed by atoms with Gasteiger partial charge in [0.15, 0.2) is 0 Å². The molecule has 0 bridgehead atoms. The zero-order chi connectivity index (χ0) is 56.6. The van der Waals surface area contributed by atoms with E-state index in [2.05, 4.69) is 31.9 Å². The Morgan fingerprint density at radius 3 is 0.895 bits per heavy atom. The highest BCUT2D eigenvalue weighted by atomic mass is 32.1. The summed E-state index contributed by atoms with van der Waals surface area (Å²) < 4.78 is 0. The fourth-order valence-corrected chi connectivity index (χ4v) is 11.8. The molecule has 0 aliphatic carbocycles. The lowest BCUT2D eigenvalue weighted by atomic mass is 9.94. The topological polar surface area (TPSA) is 324 Å². The minimum absolute atomic E-state index is 0.345. The molecule has 0 aliphatic rings. The highest BCUT2D eigenvalue weighted by molar-refractivity contribution is 7.29. The SMILES string of the molecule is CC[C@H](C)[C@H](NC(=O)c1ccc(-c2ccc(-c3ccc(-c4ccc(C(=O)N[C@H](C(=O)N[C@H](C(=O)N[C@@H](CCC(=O)O)C(=O)O)[C@@H](C)CC)[C@@H](C)CC)s4)s3)s2)s1)C(=O)N[C@H](C(=O)N[C@@H](CCC(=O)O)C(=O)O)[C@@H](C)CC. The van der Waals surface area contributed by atoms with Gasteiger partial charge in [-0.15, -0.1) is 45.3 Å². The molecule has 4 heterocycles. The molecule has 0 saturated heterocycles. The van der Waals surface area contributed by atoms with Crippen molar-refractivity contribution in [2.45, 2.75) is 143 Å². The molecule has 6 amide bonds. The molecule has 4 aromatic heterocycles. The van der Waals surface area contributed by atoms with Gasteiger partial charge in [-0.3, -0.25) is 38.4 Å². The van der Waals surface area contributed by atoms with Gasteiger partial charge in [-0.05, 0) is 85.0 Å². The molecule has 0 fully saturated rings. The monoisotopic (exact) mass is 1130 g/mol. The molecule has 414 valence electrons. The van der Waals surface area contributed by atoms with Gasteiger partial charge in [-0.2, -0.15) is 0 Å². The second-order valence-electron chi connectivity index (χ2n) is 18.7. The third-order valence-corrected chi connectivity index (χ3v) is 18.2. The smallest absolute Gasteiger partial charge is 0.326 e. The maximum absolute atomic E-state index is 13.8. The number of thiophene rings is 4. The van der Waals surface area contributed by atoms with Gasteiger partial charge < -0.3 is 52.3 Å². The number of hydrogen-bond donors (Lipinski definition) is 10. The molecule has 0 aliphatic heterocycles. The molecule has 76 heavy (non-hydrogen) atoms. The Bertz CT molecular complexity index is 2530. The summed E-state index contributed by atoms with van der Waals surface area (Å²) in [5, 5.41) is 53.2. The Balaban J connectivity index is 1.44. The van der Waals surface area contributed by atoms with Crippen molar-refractivity contribution >= 4 is 105 Å². The lowest BCUT2D eigenvalue weighted by Gasteiger charge is -2.29. The number of aliphatic carboxylic acids is 4. The molecule has 0 unspecified atom stereocenters. The highest BCUT2D eigenvalue weighted by Crippen LogP contribution is 2.43. The Hall–Kier alpha value is -6.50. The molecule has 10 N–H and O–H groups in total. The van der Waals surface area contributed by atoms with Gasteiger partial charge in [-0.1, -0.05) is 81.1 Å². The third-order valence-electron chi connectivity index (χ3n) is 13.3. The predicted molar refractivity (Wildman–Crippen MR) is 291 cm³/mol. The fourth-order valence-electron chi connectivity index (χ4n) is 7.68. The van der Waals surface area contributed by atoms with Crippen LogP contribution in [0.2, 0.25) is 0 Å². The van der Waals surface area contributed by atoms with Gasteiger partial charge in [0.2, 0.25) is 23.6 Å². The number of nitrogens with one attached hydrogen (secondary N) is 6. The highest BCUT2D eigenvalue weighted by Gasteiger charge is 2.36. The van der Waals surface area contributed by atoms with E-state index < -0.39 is 120 Å². The molecule has 0 saturated carbocycles. The minimum Gasteiger partial charge on any atom is -0.481 e. The van der Waals surface area contributed by atoms with Crippen LogP contribution in [0.25, 0.3) is 29.3 Å². The first-order valence-corrected chi connectivity index (χ1v) is 28.3. The summed E-state index contributed by atoms with van der Waals surface area (Å²) in [7, 11) is 0. The van der Waals surface area contributed by atoms with E-state index in [4.69, 9.17) is 10.2 Å². The summed E-state index contributed by atoms with van der Waals surface area (Å²) in [5.41, 5.74) is 0. The summed E-state index contributed by atoms with van der Waals surface area (Å²) in [6, 6.07) is 7.41. The van der Waals surface area contributed by atoms with Crippen molar-refractivity contribution in [2.75, 3.05) is 0 Å². The molecule has 20 nitrogen and oxygen atoms in total. The number of hydrogen-bond acceptors (Lipinski definition) is 14. The average Bonchev–Trinajstić information content (AvgIpc) is 4.24. The standard InChI is InChI=1S/C52H68N6O14S4/c1-9-25(5)41(47(65)53-29(51(69)70)13-23-39(59)60)57-49(67)43(27(7)11-3)55-45(63)37-21-19-35(75-37)33-17-15-31(73-33)32-16-18-34(74-32)36-20-22-38(76-36)46(64)56-44(28(8)12-4)50(68)58-42(26(6)10-2)48(66)54-30(52(71)72)14-24-40(61)62/h15-22,25-30,41-44H,9-14,23-24H2,1-8H3,(H,53,65)(H,54,66)(H,55,63)(H,56,64)(H,57,67)(H,58,68)(H,59,60)(H,61,62)(H,69,70)(H,71,72)/t25-,26-,27-,28-,29-,30-,41-,42-,43-,44-/m0/s1. The van der Waals surface area contributed by atoms with Crippen molar-refractivity contribution in [1.29, 1.82) is 0 Å². The summed E-state index contributed by atoms with van der Waals surface area (Å²) >= 11 is 5.51. The Morgan fingerprint density at radius 2 is 0.632 bits per heavy atom. The van der Waals surface area contributed by atoms with Crippen molar-refractivity contribution in [3.8, 4) is 29.3 Å². The molecule has 4 rings (SSSR count). The van der Waals surface area contributed by atoms with E-state index in [-0.39, 0.29) is 24.7 Å². The van der Waals surface area contributed by atoms with Crippen molar-refractivity contribution < 1.29 is 68.4 Å². The molecule has 0 aromatic carbocycles. The van der Waals surface area contributed by atoms with E-state index in [1.807, 2.05) is 50.2 Å². The van der Waals surface area contributed by atoms with Crippen LogP contribution in [0.5, 0.6) is 0 Å². The number of carbonyl (C=O) groups excluding carboxylic acids is 6. The summed E-state index contributed by atoms with van der Waals surface area (Å²) in [6.07, 6.45) is 0.220. The van der Waals surface area contributed by atoms with Crippen LogP contribution in [0, 0.1) is 23.7 Å². The van der Waals surface area contributed by atoms with E-state index in [1.165, 1.54) is 45.3 Å². The van der Waals surface area contributed by atoms with Gasteiger partial charge in [0.05, 0.1) is 9.75 Å². The van der Waals surface area contributed by atoms with Crippen molar-refractivity contribution in [3.63, 3.8) is 0 Å². The number of amides is 6. The number of carboxylic acid groups (broad SMARTS) is 4. The maximum atomic E-state index is 13.8. The van der Waals surface area contributed by atoms with Gasteiger partial charge in [0, 0.05) is 42.1 Å². The third kappa shape index (κ3) is 17.3. The predicted octanol–water partition coefficient (Wildman–Crippen LogP) is 7.15. The molecular formula is C52H68N6O14S4. The van der Waals surface area contributed by atoms with Crippen LogP contribution >= 0.6 is 45.3 Å². The van der Waals surface area contributed by atoms with Crippen molar-refractivity contribution in [2.24, 2.45) is 23.7 Å². The number of carboxylic acids is 4. The average molecular weight is 1130 g/mol. The fraction of sp³-hybridized carbons (Fsp3) is 0.500. The second-order valence-corrected chi connectivity index (χ2v) is 23.1. The number of carbonyl (C=O) groups is 10. The van der Waals surface area contributed by atoms with Crippen LogP contribution in [-0.2, 0) is 38.4 Å².